The molecule has 0 unspecified atom stereocenters. The van der Waals surface area contributed by atoms with Crippen molar-refractivity contribution in [1.82, 2.24) is 43.9 Å². The minimum Gasteiger partial charge on any atom is -0.383 e. The molecule has 1 saturated heterocycles. The van der Waals surface area contributed by atoms with Crippen LogP contribution in [0.2, 0.25) is 0 Å². The number of rotatable bonds is 9. The van der Waals surface area contributed by atoms with Crippen molar-refractivity contribution in [2.24, 2.45) is 0 Å². The number of nitrogens with zero attached hydrogens (tertiary/aromatic N) is 8. The maximum atomic E-state index is 12.1. The summed E-state index contributed by atoms with van der Waals surface area (Å²) >= 11 is 3.62. The first-order valence-electron chi connectivity index (χ1n) is 11.2. The van der Waals surface area contributed by atoms with Gasteiger partial charge in [-0.05, 0) is 35.3 Å². The summed E-state index contributed by atoms with van der Waals surface area (Å²) in [6, 6.07) is 0. The minimum absolute atomic E-state index is 0.0429. The largest absolute Gasteiger partial charge is 0.383 e. The molecule has 1 aliphatic rings. The number of ether oxygens (including phenoxy) is 1. The fourth-order valence-electron chi connectivity index (χ4n) is 4.06. The molecule has 0 radical (unpaired) electrons. The molecule has 4 aromatic rings. The van der Waals surface area contributed by atoms with Crippen molar-refractivity contribution >= 4 is 37.4 Å². The van der Waals surface area contributed by atoms with Crippen LogP contribution in [0.15, 0.2) is 35.7 Å². The summed E-state index contributed by atoms with van der Waals surface area (Å²) in [5, 5.41) is 15.9. The van der Waals surface area contributed by atoms with Gasteiger partial charge < -0.3 is 15.8 Å². The molecular weight excluding hydrogens is 540 g/mol. The van der Waals surface area contributed by atoms with Crippen LogP contribution in [0.25, 0.3) is 16.8 Å². The van der Waals surface area contributed by atoms with Crippen molar-refractivity contribution in [3.05, 3.63) is 41.4 Å². The number of nitrogens with one attached hydrogen (secondary N) is 1. The summed E-state index contributed by atoms with van der Waals surface area (Å²) in [4.78, 5) is 8.59. The van der Waals surface area contributed by atoms with E-state index in [0.717, 1.165) is 57.6 Å². The third kappa shape index (κ3) is 4.94. The van der Waals surface area contributed by atoms with Crippen LogP contribution in [0.5, 0.6) is 0 Å². The van der Waals surface area contributed by atoms with E-state index in [1.807, 2.05) is 6.20 Å². The summed E-state index contributed by atoms with van der Waals surface area (Å²) in [6.07, 6.45) is 9.83. The van der Waals surface area contributed by atoms with Gasteiger partial charge in [0.15, 0.2) is 5.65 Å². The van der Waals surface area contributed by atoms with Gasteiger partial charge in [0.1, 0.15) is 18.5 Å². The molecule has 0 aromatic carbocycles. The van der Waals surface area contributed by atoms with Crippen molar-refractivity contribution in [3.8, 4) is 11.1 Å². The topological polar surface area (TPSA) is 160 Å². The van der Waals surface area contributed by atoms with Gasteiger partial charge in [-0.15, -0.1) is 9.19 Å². The molecule has 35 heavy (non-hydrogen) atoms. The third-order valence-electron chi connectivity index (χ3n) is 5.91. The maximum absolute atomic E-state index is 12.1. The highest BCUT2D eigenvalue weighted by Gasteiger charge is 2.24. The van der Waals surface area contributed by atoms with Crippen LogP contribution in [0.4, 0.5) is 5.82 Å². The van der Waals surface area contributed by atoms with Gasteiger partial charge >= 0.3 is 0 Å². The second-order valence-corrected chi connectivity index (χ2v) is 11.0. The Hall–Kier alpha value is -2.88. The number of nitrogens with two attached hydrogens (primary N) is 1. The molecule has 15 heteroatoms. The normalized spacial score (nSPS) is 16.8. The zero-order valence-corrected chi connectivity index (χ0v) is 21.2. The molecule has 5 heterocycles. The van der Waals surface area contributed by atoms with Crippen LogP contribution in [0.1, 0.15) is 24.5 Å². The number of hydrogen-bond donors (Lipinski definition) is 2. The van der Waals surface area contributed by atoms with E-state index in [2.05, 4.69) is 41.5 Å². The lowest BCUT2D eigenvalue weighted by atomic mass is 9.96. The van der Waals surface area contributed by atoms with Gasteiger partial charge in [-0.25, -0.2) is 18.4 Å². The molecule has 1 atom stereocenters. The van der Waals surface area contributed by atoms with E-state index in [1.54, 1.807) is 21.6 Å². The van der Waals surface area contributed by atoms with Crippen LogP contribution in [0.3, 0.4) is 0 Å². The highest BCUT2D eigenvalue weighted by atomic mass is 79.9. The van der Waals surface area contributed by atoms with Gasteiger partial charge in [0.25, 0.3) is 10.0 Å². The van der Waals surface area contributed by atoms with Gasteiger partial charge in [-0.3, -0.25) is 4.68 Å². The van der Waals surface area contributed by atoms with Gasteiger partial charge in [0.05, 0.1) is 48.1 Å². The van der Waals surface area contributed by atoms with Crippen LogP contribution < -0.4 is 11.1 Å². The van der Waals surface area contributed by atoms with E-state index in [4.69, 9.17) is 15.5 Å². The summed E-state index contributed by atoms with van der Waals surface area (Å²) in [7, 11) is -3.56. The van der Waals surface area contributed by atoms with E-state index in [-0.39, 0.29) is 18.3 Å². The molecule has 0 aliphatic carbocycles. The number of hydrogen-bond acceptors (Lipinski definition) is 10. The molecule has 4 aromatic heterocycles. The van der Waals surface area contributed by atoms with E-state index in [0.29, 0.717) is 24.6 Å². The second kappa shape index (κ2) is 10.0. The van der Waals surface area contributed by atoms with Crippen molar-refractivity contribution < 1.29 is 13.2 Å². The summed E-state index contributed by atoms with van der Waals surface area (Å²) in [6.45, 7) is 2.69. The number of fused-ring (bicyclic) bond motifs is 1. The molecule has 0 saturated carbocycles. The van der Waals surface area contributed by atoms with E-state index in [1.165, 1.54) is 6.33 Å². The van der Waals surface area contributed by atoms with E-state index in [9.17, 15) is 8.42 Å². The molecule has 0 amide bonds. The molecule has 0 bridgehead atoms. The first-order chi connectivity index (χ1) is 16.9. The lowest BCUT2D eigenvalue weighted by Gasteiger charge is -2.23. The second-order valence-electron chi connectivity index (χ2n) is 8.22. The Labute approximate surface area is 209 Å². The Morgan fingerprint density at radius 2 is 2.11 bits per heavy atom. The summed E-state index contributed by atoms with van der Waals surface area (Å²) in [5.41, 5.74) is 9.69. The van der Waals surface area contributed by atoms with Crippen molar-refractivity contribution in [3.63, 3.8) is 0 Å². The van der Waals surface area contributed by atoms with Crippen LogP contribution >= 0.6 is 15.9 Å². The molecular formula is C20H25BrN10O3S. The number of aromatic nitrogens is 8. The highest BCUT2D eigenvalue weighted by Crippen LogP contribution is 2.34. The summed E-state index contributed by atoms with van der Waals surface area (Å²) in [5.74, 6) is 0.606. The highest BCUT2D eigenvalue weighted by molar-refractivity contribution is 9.10. The molecule has 3 N–H and O–H groups in total. The molecule has 5 rings (SSSR count). The quantitative estimate of drug-likeness (QED) is 0.279. The van der Waals surface area contributed by atoms with Crippen molar-refractivity contribution in [2.75, 3.05) is 37.8 Å². The van der Waals surface area contributed by atoms with E-state index < -0.39 is 10.0 Å². The Morgan fingerprint density at radius 1 is 1.23 bits per heavy atom. The smallest absolute Gasteiger partial charge is 0.257 e. The summed E-state index contributed by atoms with van der Waals surface area (Å²) < 4.78 is 34.6. The Bertz CT molecular complexity index is 1410. The van der Waals surface area contributed by atoms with E-state index >= 15 is 0 Å². The first kappa shape index (κ1) is 23.8. The van der Waals surface area contributed by atoms with Crippen LogP contribution in [-0.2, 0) is 21.3 Å². The van der Waals surface area contributed by atoms with Crippen LogP contribution in [-0.4, -0.2) is 79.0 Å². The fraction of sp³-hybridized carbons (Fsp3) is 0.450. The first-order valence-corrected chi connectivity index (χ1v) is 13.6. The van der Waals surface area contributed by atoms with Crippen molar-refractivity contribution in [2.45, 2.75) is 25.3 Å². The van der Waals surface area contributed by atoms with Gasteiger partial charge in [0.2, 0.25) is 0 Å². The Kier molecular flexibility index (Phi) is 6.82. The zero-order chi connectivity index (χ0) is 24.4. The Morgan fingerprint density at radius 3 is 2.89 bits per heavy atom. The standard InChI is InChI=1S/C20H25BrN10O3S/c21-17-18(14-2-1-3-23-8-14)28-20-16(10-26-31(20)19(17)22)15-9-25-29(11-15)4-5-34-6-7-35(32,33)30-13-24-12-27-30/h9-14,23H,1-8,22H2/t14-/m1/s1. The molecule has 1 aliphatic heterocycles. The maximum Gasteiger partial charge on any atom is 0.257 e. The molecule has 13 nitrogen and oxygen atoms in total. The SMILES string of the molecule is Nc1c(Br)c([C@@H]2CCCNC2)nc2c(-c3cnn(CCOCCS(=O)(=O)n4cncn4)c3)cnn12. The van der Waals surface area contributed by atoms with Gasteiger partial charge in [0, 0.05) is 29.8 Å². The molecule has 0 spiro atoms. The average molecular weight is 565 g/mol. The predicted octanol–water partition coefficient (Wildman–Crippen LogP) is 0.891. The predicted molar refractivity (Wildman–Crippen MR) is 131 cm³/mol. The number of halogens is 1. The third-order valence-corrected chi connectivity index (χ3v) is 8.16. The number of nitrogen functional groups attached to an aromatic ring is 1. The minimum atomic E-state index is -3.56. The Balaban J connectivity index is 1.25. The molecule has 1 fully saturated rings. The average Bonchev–Trinajstić information content (AvgIpc) is 3.62. The van der Waals surface area contributed by atoms with Crippen molar-refractivity contribution in [1.29, 1.82) is 0 Å². The number of anilines is 1. The monoisotopic (exact) mass is 564 g/mol. The lowest BCUT2D eigenvalue weighted by Crippen LogP contribution is -2.29. The zero-order valence-electron chi connectivity index (χ0n) is 18.8. The van der Waals surface area contributed by atoms with Gasteiger partial charge in [-0.2, -0.15) is 14.7 Å². The van der Waals surface area contributed by atoms with Crippen LogP contribution in [0, 0.1) is 0 Å². The molecule has 186 valence electrons. The fourth-order valence-corrected chi connectivity index (χ4v) is 5.54. The number of piperidine rings is 1. The lowest BCUT2D eigenvalue weighted by molar-refractivity contribution is 0.137. The van der Waals surface area contributed by atoms with Gasteiger partial charge in [-0.1, -0.05) is 0 Å².